The first kappa shape index (κ1) is 9.84. The predicted octanol–water partition coefficient (Wildman–Crippen LogP) is 3.34. The first-order valence-electron chi connectivity index (χ1n) is 4.77. The van der Waals surface area contributed by atoms with E-state index in [1.807, 2.05) is 6.07 Å². The molecule has 1 aliphatic heterocycles. The topological polar surface area (TPSA) is 18.5 Å². The maximum Gasteiger partial charge on any atom is 0.162 e. The first-order valence-corrected chi connectivity index (χ1v) is 5.57. The summed E-state index contributed by atoms with van der Waals surface area (Å²) in [5, 5.41) is 0. The molecule has 0 amide bonds. The van der Waals surface area contributed by atoms with Crippen molar-refractivity contribution < 1.29 is 9.47 Å². The molecule has 0 N–H and O–H groups in total. The highest BCUT2D eigenvalue weighted by Crippen LogP contribution is 2.37. The molecule has 0 bridgehead atoms. The molecule has 1 aromatic carbocycles. The van der Waals surface area contributed by atoms with Gasteiger partial charge < -0.3 is 9.47 Å². The molecule has 0 aliphatic carbocycles. The van der Waals surface area contributed by atoms with E-state index in [0.29, 0.717) is 19.1 Å². The summed E-state index contributed by atoms with van der Waals surface area (Å²) < 4.78 is 12.1. The van der Waals surface area contributed by atoms with E-state index in [-0.39, 0.29) is 0 Å². The number of hydrogen-bond donors (Lipinski definition) is 0. The van der Waals surface area contributed by atoms with Crippen LogP contribution >= 0.6 is 15.9 Å². The normalized spacial score (nSPS) is 14.6. The van der Waals surface area contributed by atoms with E-state index in [0.717, 1.165) is 16.0 Å². The fourth-order valence-electron chi connectivity index (χ4n) is 1.52. The van der Waals surface area contributed by atoms with Crippen molar-refractivity contribution in [1.82, 2.24) is 0 Å². The van der Waals surface area contributed by atoms with Crippen LogP contribution in [0.15, 0.2) is 16.6 Å². The predicted molar refractivity (Wildman–Crippen MR) is 59.2 cm³/mol. The lowest BCUT2D eigenvalue weighted by molar-refractivity contribution is 0.171. The Labute approximate surface area is 92.3 Å². The summed E-state index contributed by atoms with van der Waals surface area (Å²) in [5.41, 5.74) is 1.26. The van der Waals surface area contributed by atoms with Gasteiger partial charge in [0.05, 0.1) is 0 Å². The zero-order chi connectivity index (χ0) is 10.1. The third-order valence-corrected chi connectivity index (χ3v) is 2.97. The van der Waals surface area contributed by atoms with Crippen LogP contribution in [0.5, 0.6) is 11.5 Å². The fourth-order valence-corrected chi connectivity index (χ4v) is 2.30. The van der Waals surface area contributed by atoms with Gasteiger partial charge in [-0.05, 0) is 23.6 Å². The summed E-state index contributed by atoms with van der Waals surface area (Å²) in [7, 11) is 0. The van der Waals surface area contributed by atoms with Gasteiger partial charge in [0.15, 0.2) is 11.5 Å². The van der Waals surface area contributed by atoms with E-state index < -0.39 is 0 Å². The van der Waals surface area contributed by atoms with Crippen LogP contribution in [0.3, 0.4) is 0 Å². The lowest BCUT2D eigenvalue weighted by Gasteiger charge is -2.20. The van der Waals surface area contributed by atoms with E-state index in [2.05, 4.69) is 35.8 Å². The molecule has 0 saturated carbocycles. The van der Waals surface area contributed by atoms with Crippen LogP contribution in [0, 0.1) is 0 Å². The van der Waals surface area contributed by atoms with Gasteiger partial charge in [0.25, 0.3) is 0 Å². The summed E-state index contributed by atoms with van der Waals surface area (Å²) in [6.07, 6.45) is 0. The van der Waals surface area contributed by atoms with E-state index >= 15 is 0 Å². The number of benzene rings is 1. The minimum absolute atomic E-state index is 0.486. The molecule has 1 heterocycles. The second-order valence-corrected chi connectivity index (χ2v) is 4.53. The maximum atomic E-state index is 5.52. The lowest BCUT2D eigenvalue weighted by Crippen LogP contribution is -2.15. The van der Waals surface area contributed by atoms with Crippen molar-refractivity contribution in [3.05, 3.63) is 22.2 Å². The summed E-state index contributed by atoms with van der Waals surface area (Å²) in [5.74, 6) is 2.19. The molecular formula is C11H13BrO2. The molecule has 14 heavy (non-hydrogen) atoms. The molecule has 76 valence electrons. The Kier molecular flexibility index (Phi) is 2.68. The number of rotatable bonds is 1. The van der Waals surface area contributed by atoms with Gasteiger partial charge in [-0.25, -0.2) is 0 Å². The fraction of sp³-hybridized carbons (Fsp3) is 0.455. The number of halogens is 1. The van der Waals surface area contributed by atoms with Crippen LogP contribution in [0.4, 0.5) is 0 Å². The molecule has 3 heteroatoms. The molecule has 1 aliphatic rings. The van der Waals surface area contributed by atoms with Crippen LogP contribution in [0.1, 0.15) is 25.3 Å². The quantitative estimate of drug-likeness (QED) is 0.768. The van der Waals surface area contributed by atoms with Gasteiger partial charge in [0, 0.05) is 4.47 Å². The van der Waals surface area contributed by atoms with E-state index in [1.54, 1.807) is 0 Å². The monoisotopic (exact) mass is 256 g/mol. The molecular weight excluding hydrogens is 244 g/mol. The van der Waals surface area contributed by atoms with Crippen molar-refractivity contribution in [2.24, 2.45) is 0 Å². The van der Waals surface area contributed by atoms with Gasteiger partial charge in [-0.2, -0.15) is 0 Å². The zero-order valence-corrected chi connectivity index (χ0v) is 9.93. The van der Waals surface area contributed by atoms with E-state index in [1.165, 1.54) is 5.56 Å². The molecule has 0 fully saturated rings. The standard InChI is InChI=1S/C11H13BrO2/c1-7(2)8-5-10-11(6-9(8)12)14-4-3-13-10/h5-7H,3-4H2,1-2H3. The van der Waals surface area contributed by atoms with Crippen molar-refractivity contribution in [1.29, 1.82) is 0 Å². The highest BCUT2D eigenvalue weighted by Gasteiger charge is 2.15. The highest BCUT2D eigenvalue weighted by atomic mass is 79.9. The second-order valence-electron chi connectivity index (χ2n) is 3.67. The van der Waals surface area contributed by atoms with Gasteiger partial charge in [-0.15, -0.1) is 0 Å². The van der Waals surface area contributed by atoms with Gasteiger partial charge in [0.2, 0.25) is 0 Å². The van der Waals surface area contributed by atoms with Crippen LogP contribution in [0.2, 0.25) is 0 Å². The van der Waals surface area contributed by atoms with Gasteiger partial charge in [0.1, 0.15) is 13.2 Å². The highest BCUT2D eigenvalue weighted by molar-refractivity contribution is 9.10. The van der Waals surface area contributed by atoms with E-state index in [4.69, 9.17) is 9.47 Å². The molecule has 0 unspecified atom stereocenters. The van der Waals surface area contributed by atoms with Crippen LogP contribution in [0.25, 0.3) is 0 Å². The zero-order valence-electron chi connectivity index (χ0n) is 8.34. The molecule has 0 aromatic heterocycles. The average molecular weight is 257 g/mol. The average Bonchev–Trinajstić information content (AvgIpc) is 2.16. The van der Waals surface area contributed by atoms with Crippen molar-refractivity contribution in [3.8, 4) is 11.5 Å². The molecule has 0 atom stereocenters. The lowest BCUT2D eigenvalue weighted by atomic mass is 10.0. The van der Waals surface area contributed by atoms with Gasteiger partial charge in [-0.3, -0.25) is 0 Å². The van der Waals surface area contributed by atoms with Crippen molar-refractivity contribution in [3.63, 3.8) is 0 Å². The minimum Gasteiger partial charge on any atom is -0.486 e. The molecule has 0 saturated heterocycles. The van der Waals surface area contributed by atoms with Crippen LogP contribution < -0.4 is 9.47 Å². The van der Waals surface area contributed by atoms with Gasteiger partial charge >= 0.3 is 0 Å². The van der Waals surface area contributed by atoms with Gasteiger partial charge in [-0.1, -0.05) is 29.8 Å². The molecule has 2 rings (SSSR count). The van der Waals surface area contributed by atoms with Crippen molar-refractivity contribution in [2.45, 2.75) is 19.8 Å². The molecule has 0 spiro atoms. The summed E-state index contributed by atoms with van der Waals surface area (Å²) in [6.45, 7) is 5.61. The maximum absolute atomic E-state index is 5.52. The Morgan fingerprint density at radius 1 is 1.14 bits per heavy atom. The van der Waals surface area contributed by atoms with Crippen LogP contribution in [-0.2, 0) is 0 Å². The number of fused-ring (bicyclic) bond motifs is 1. The molecule has 0 radical (unpaired) electrons. The SMILES string of the molecule is CC(C)c1cc2c(cc1Br)OCCO2. The Bertz CT molecular complexity index is 347. The Morgan fingerprint density at radius 3 is 2.29 bits per heavy atom. The number of hydrogen-bond acceptors (Lipinski definition) is 2. The van der Waals surface area contributed by atoms with Crippen LogP contribution in [-0.4, -0.2) is 13.2 Å². The third kappa shape index (κ3) is 1.73. The Hall–Kier alpha value is -0.700. The third-order valence-electron chi connectivity index (χ3n) is 2.28. The van der Waals surface area contributed by atoms with Crippen molar-refractivity contribution >= 4 is 15.9 Å². The minimum atomic E-state index is 0.486. The second kappa shape index (κ2) is 3.81. The first-order chi connectivity index (χ1) is 6.68. The number of ether oxygens (including phenoxy) is 2. The summed E-state index contributed by atoms with van der Waals surface area (Å²) in [6, 6.07) is 4.05. The summed E-state index contributed by atoms with van der Waals surface area (Å²) in [4.78, 5) is 0. The molecule has 2 nitrogen and oxygen atoms in total. The molecule has 1 aromatic rings. The summed E-state index contributed by atoms with van der Waals surface area (Å²) >= 11 is 3.54. The Morgan fingerprint density at radius 2 is 1.71 bits per heavy atom. The van der Waals surface area contributed by atoms with E-state index in [9.17, 15) is 0 Å². The Balaban J connectivity index is 2.45. The largest absolute Gasteiger partial charge is 0.486 e. The van der Waals surface area contributed by atoms with Crippen molar-refractivity contribution in [2.75, 3.05) is 13.2 Å². The smallest absolute Gasteiger partial charge is 0.162 e.